The van der Waals surface area contributed by atoms with Gasteiger partial charge in [0.15, 0.2) is 0 Å². The summed E-state index contributed by atoms with van der Waals surface area (Å²) in [6.07, 6.45) is 0.625. The Morgan fingerprint density at radius 2 is 2.00 bits per heavy atom. The average molecular weight is 211 g/mol. The number of hydrogen-bond acceptors (Lipinski definition) is 3. The molecule has 1 rings (SSSR count). The Bertz CT molecular complexity index is 260. The van der Waals surface area contributed by atoms with E-state index in [9.17, 15) is 0 Å². The van der Waals surface area contributed by atoms with E-state index in [2.05, 4.69) is 19.1 Å². The van der Waals surface area contributed by atoms with E-state index >= 15 is 0 Å². The molecule has 0 heterocycles. The van der Waals surface area contributed by atoms with Crippen LogP contribution in [0.3, 0.4) is 0 Å². The maximum atomic E-state index is 8.75. The van der Waals surface area contributed by atoms with Crippen molar-refractivity contribution in [3.63, 3.8) is 0 Å². The fraction of sp³-hybridized carbons (Fsp3) is 0.455. The highest BCUT2D eigenvalue weighted by atomic mass is 32.2. The maximum Gasteiger partial charge on any atom is 0.0449 e. The first-order valence-electron chi connectivity index (χ1n) is 4.87. The standard InChI is InChI=1S/C11H17NOS/c1-2-14-10-5-3-9(4-6-10)11(12)7-8-13/h3-6,11,13H,2,7-8,12H2,1H3/t11-/m1/s1. The van der Waals surface area contributed by atoms with Gasteiger partial charge in [-0.15, -0.1) is 11.8 Å². The van der Waals surface area contributed by atoms with Crippen molar-refractivity contribution < 1.29 is 5.11 Å². The summed E-state index contributed by atoms with van der Waals surface area (Å²) in [5.41, 5.74) is 6.96. The van der Waals surface area contributed by atoms with E-state index in [-0.39, 0.29) is 12.6 Å². The van der Waals surface area contributed by atoms with Gasteiger partial charge in [0.2, 0.25) is 0 Å². The van der Waals surface area contributed by atoms with Crippen LogP contribution in [-0.2, 0) is 0 Å². The minimum atomic E-state index is -0.0410. The van der Waals surface area contributed by atoms with Crippen LogP contribution in [0, 0.1) is 0 Å². The predicted octanol–water partition coefficient (Wildman–Crippen LogP) is 2.18. The van der Waals surface area contributed by atoms with Crippen molar-refractivity contribution in [3.05, 3.63) is 29.8 Å². The van der Waals surface area contributed by atoms with Crippen LogP contribution in [0.2, 0.25) is 0 Å². The molecule has 0 radical (unpaired) electrons. The zero-order chi connectivity index (χ0) is 10.4. The van der Waals surface area contributed by atoms with Crippen molar-refractivity contribution in [2.24, 2.45) is 5.73 Å². The monoisotopic (exact) mass is 211 g/mol. The summed E-state index contributed by atoms with van der Waals surface area (Å²) in [4.78, 5) is 1.27. The maximum absolute atomic E-state index is 8.75. The summed E-state index contributed by atoms with van der Waals surface area (Å²) < 4.78 is 0. The molecule has 0 spiro atoms. The summed E-state index contributed by atoms with van der Waals surface area (Å²) in [7, 11) is 0. The van der Waals surface area contributed by atoms with Crippen LogP contribution in [0.5, 0.6) is 0 Å². The molecule has 0 saturated heterocycles. The van der Waals surface area contributed by atoms with Gasteiger partial charge in [0.25, 0.3) is 0 Å². The lowest BCUT2D eigenvalue weighted by molar-refractivity contribution is 0.276. The molecule has 2 nitrogen and oxygen atoms in total. The molecule has 3 heteroatoms. The molecule has 1 aromatic carbocycles. The number of rotatable bonds is 5. The van der Waals surface area contributed by atoms with E-state index < -0.39 is 0 Å². The Balaban J connectivity index is 2.62. The van der Waals surface area contributed by atoms with Crippen LogP contribution in [0.25, 0.3) is 0 Å². The van der Waals surface area contributed by atoms with E-state index in [1.807, 2.05) is 23.9 Å². The Labute approximate surface area is 89.5 Å². The topological polar surface area (TPSA) is 46.2 Å². The first-order chi connectivity index (χ1) is 6.77. The zero-order valence-corrected chi connectivity index (χ0v) is 9.26. The molecule has 78 valence electrons. The average Bonchev–Trinajstić information content (AvgIpc) is 2.20. The van der Waals surface area contributed by atoms with E-state index in [0.717, 1.165) is 11.3 Å². The first-order valence-corrected chi connectivity index (χ1v) is 5.85. The molecule has 1 aromatic rings. The van der Waals surface area contributed by atoms with Crippen molar-refractivity contribution >= 4 is 11.8 Å². The summed E-state index contributed by atoms with van der Waals surface area (Å²) in [6.45, 7) is 2.28. The van der Waals surface area contributed by atoms with Gasteiger partial charge in [-0.2, -0.15) is 0 Å². The van der Waals surface area contributed by atoms with Gasteiger partial charge in [0, 0.05) is 17.5 Å². The zero-order valence-electron chi connectivity index (χ0n) is 8.44. The van der Waals surface area contributed by atoms with Crippen molar-refractivity contribution in [2.75, 3.05) is 12.4 Å². The van der Waals surface area contributed by atoms with Crippen LogP contribution < -0.4 is 5.73 Å². The fourth-order valence-electron chi connectivity index (χ4n) is 1.28. The van der Waals surface area contributed by atoms with Gasteiger partial charge >= 0.3 is 0 Å². The van der Waals surface area contributed by atoms with Crippen molar-refractivity contribution in [1.29, 1.82) is 0 Å². The third kappa shape index (κ3) is 3.33. The lowest BCUT2D eigenvalue weighted by Gasteiger charge is -2.10. The molecule has 3 N–H and O–H groups in total. The van der Waals surface area contributed by atoms with Crippen LogP contribution in [0.4, 0.5) is 0 Å². The summed E-state index contributed by atoms with van der Waals surface area (Å²) in [5.74, 6) is 1.09. The molecule has 0 aliphatic heterocycles. The van der Waals surface area contributed by atoms with E-state index in [1.54, 1.807) is 0 Å². The highest BCUT2D eigenvalue weighted by molar-refractivity contribution is 7.99. The number of nitrogens with two attached hydrogens (primary N) is 1. The highest BCUT2D eigenvalue weighted by Gasteiger charge is 2.04. The first kappa shape index (κ1) is 11.6. The summed E-state index contributed by atoms with van der Waals surface area (Å²) in [5, 5.41) is 8.75. The summed E-state index contributed by atoms with van der Waals surface area (Å²) in [6, 6.07) is 8.21. The second-order valence-electron chi connectivity index (χ2n) is 3.12. The second kappa shape index (κ2) is 6.06. The van der Waals surface area contributed by atoms with Crippen molar-refractivity contribution in [2.45, 2.75) is 24.3 Å². The normalized spacial score (nSPS) is 12.8. The lowest BCUT2D eigenvalue weighted by atomic mass is 10.1. The van der Waals surface area contributed by atoms with E-state index in [4.69, 9.17) is 10.8 Å². The van der Waals surface area contributed by atoms with Gasteiger partial charge in [-0.3, -0.25) is 0 Å². The number of benzene rings is 1. The molecule has 0 bridgehead atoms. The third-order valence-electron chi connectivity index (χ3n) is 2.06. The third-order valence-corrected chi connectivity index (χ3v) is 2.95. The van der Waals surface area contributed by atoms with Crippen LogP contribution in [-0.4, -0.2) is 17.5 Å². The molecule has 0 saturated carbocycles. The number of aliphatic hydroxyl groups is 1. The Hall–Kier alpha value is -0.510. The minimum absolute atomic E-state index is 0.0410. The molecule has 0 aromatic heterocycles. The smallest absolute Gasteiger partial charge is 0.0449 e. The van der Waals surface area contributed by atoms with Crippen molar-refractivity contribution in [1.82, 2.24) is 0 Å². The number of thioether (sulfide) groups is 1. The van der Waals surface area contributed by atoms with Gasteiger partial charge in [-0.1, -0.05) is 19.1 Å². The number of aliphatic hydroxyl groups excluding tert-OH is 1. The van der Waals surface area contributed by atoms with E-state index in [0.29, 0.717) is 6.42 Å². The number of hydrogen-bond donors (Lipinski definition) is 2. The van der Waals surface area contributed by atoms with Gasteiger partial charge in [0.05, 0.1) is 0 Å². The molecule has 0 amide bonds. The Kier molecular flexibility index (Phi) is 5.01. The molecule has 0 aliphatic carbocycles. The molecular formula is C11H17NOS. The molecular weight excluding hydrogens is 194 g/mol. The lowest BCUT2D eigenvalue weighted by Crippen LogP contribution is -2.11. The molecule has 14 heavy (non-hydrogen) atoms. The molecule has 0 aliphatic rings. The van der Waals surface area contributed by atoms with Crippen LogP contribution >= 0.6 is 11.8 Å². The molecule has 0 fully saturated rings. The Morgan fingerprint density at radius 3 is 2.50 bits per heavy atom. The SMILES string of the molecule is CCSc1ccc([C@H](N)CCO)cc1. The molecule has 1 atom stereocenters. The molecule has 0 unspecified atom stereocenters. The fourth-order valence-corrected chi connectivity index (χ4v) is 1.95. The van der Waals surface area contributed by atoms with Crippen LogP contribution in [0.1, 0.15) is 24.9 Å². The predicted molar refractivity (Wildman–Crippen MR) is 61.5 cm³/mol. The largest absolute Gasteiger partial charge is 0.396 e. The Morgan fingerprint density at radius 1 is 1.36 bits per heavy atom. The van der Waals surface area contributed by atoms with Gasteiger partial charge in [-0.05, 0) is 29.9 Å². The van der Waals surface area contributed by atoms with Crippen LogP contribution in [0.15, 0.2) is 29.2 Å². The van der Waals surface area contributed by atoms with E-state index in [1.165, 1.54) is 4.90 Å². The highest BCUT2D eigenvalue weighted by Crippen LogP contribution is 2.20. The quantitative estimate of drug-likeness (QED) is 0.734. The van der Waals surface area contributed by atoms with Gasteiger partial charge in [0.1, 0.15) is 0 Å². The summed E-state index contributed by atoms with van der Waals surface area (Å²) >= 11 is 1.82. The van der Waals surface area contributed by atoms with Crippen molar-refractivity contribution in [3.8, 4) is 0 Å². The minimum Gasteiger partial charge on any atom is -0.396 e. The second-order valence-corrected chi connectivity index (χ2v) is 4.46. The van der Waals surface area contributed by atoms with Gasteiger partial charge in [-0.25, -0.2) is 0 Å². The van der Waals surface area contributed by atoms with Gasteiger partial charge < -0.3 is 10.8 Å².